The predicted molar refractivity (Wildman–Crippen MR) is 76.4 cm³/mol. The minimum atomic E-state index is -0.0658. The van der Waals surface area contributed by atoms with Crippen LogP contribution < -0.4 is 5.32 Å². The van der Waals surface area contributed by atoms with Gasteiger partial charge >= 0.3 is 0 Å². The molecule has 92 valence electrons. The van der Waals surface area contributed by atoms with Crippen molar-refractivity contribution in [2.75, 3.05) is 0 Å². The molecule has 2 rings (SSSR count). The van der Waals surface area contributed by atoms with Crippen LogP contribution in [-0.2, 0) is 11.3 Å². The van der Waals surface area contributed by atoms with E-state index in [9.17, 15) is 4.79 Å². The Hall–Kier alpha value is -1.87. The van der Waals surface area contributed by atoms with Crippen molar-refractivity contribution in [1.82, 2.24) is 5.32 Å². The highest BCUT2D eigenvalue weighted by atomic mass is 32.1. The first-order valence-corrected chi connectivity index (χ1v) is 6.67. The van der Waals surface area contributed by atoms with Crippen LogP contribution in [0.3, 0.4) is 0 Å². The van der Waals surface area contributed by atoms with Gasteiger partial charge in [-0.25, -0.2) is 0 Å². The molecule has 0 aliphatic carbocycles. The van der Waals surface area contributed by atoms with Crippen molar-refractivity contribution in [3.05, 3.63) is 63.9 Å². The van der Waals surface area contributed by atoms with Gasteiger partial charge in [0.1, 0.15) is 0 Å². The molecule has 1 heterocycles. The Bertz CT molecular complexity index is 526. The lowest BCUT2D eigenvalue weighted by Gasteiger charge is -2.02. The number of amides is 1. The smallest absolute Gasteiger partial charge is 0.244 e. The topological polar surface area (TPSA) is 29.1 Å². The zero-order chi connectivity index (χ0) is 12.8. The predicted octanol–water partition coefficient (Wildman–Crippen LogP) is 3.39. The van der Waals surface area contributed by atoms with Gasteiger partial charge in [-0.1, -0.05) is 35.9 Å². The highest BCUT2D eigenvalue weighted by molar-refractivity contribution is 7.10. The van der Waals surface area contributed by atoms with E-state index in [1.807, 2.05) is 54.8 Å². The van der Waals surface area contributed by atoms with Crippen LogP contribution in [0.2, 0.25) is 0 Å². The Balaban J connectivity index is 1.83. The molecule has 1 aromatic carbocycles. The molecular formula is C15H15NOS. The second-order valence-electron chi connectivity index (χ2n) is 4.05. The lowest BCUT2D eigenvalue weighted by Crippen LogP contribution is -2.20. The molecule has 0 aliphatic rings. The summed E-state index contributed by atoms with van der Waals surface area (Å²) < 4.78 is 0. The number of hydrogen-bond acceptors (Lipinski definition) is 2. The number of rotatable bonds is 4. The molecule has 2 nitrogen and oxygen atoms in total. The molecule has 1 N–H and O–H groups in total. The fourth-order valence-electron chi connectivity index (χ4n) is 1.50. The van der Waals surface area contributed by atoms with Gasteiger partial charge in [0.15, 0.2) is 0 Å². The molecule has 0 aliphatic heterocycles. The second kappa shape index (κ2) is 6.17. The van der Waals surface area contributed by atoms with Crippen molar-refractivity contribution in [3.63, 3.8) is 0 Å². The van der Waals surface area contributed by atoms with Crippen molar-refractivity contribution in [3.8, 4) is 0 Å². The molecule has 3 heteroatoms. The van der Waals surface area contributed by atoms with E-state index >= 15 is 0 Å². The third-order valence-corrected chi connectivity index (χ3v) is 3.37. The Morgan fingerprint density at radius 2 is 2.06 bits per heavy atom. The highest BCUT2D eigenvalue weighted by Crippen LogP contribution is 2.09. The van der Waals surface area contributed by atoms with E-state index in [2.05, 4.69) is 5.32 Å². The molecule has 0 saturated carbocycles. The molecule has 1 aromatic heterocycles. The summed E-state index contributed by atoms with van der Waals surface area (Å²) in [6.45, 7) is 2.61. The SMILES string of the molecule is Cc1ccc(CNC(=O)/C=C/c2cccs2)cc1. The van der Waals surface area contributed by atoms with Gasteiger partial charge in [0.25, 0.3) is 0 Å². The molecular weight excluding hydrogens is 242 g/mol. The summed E-state index contributed by atoms with van der Waals surface area (Å²) in [4.78, 5) is 12.7. The Morgan fingerprint density at radius 1 is 1.28 bits per heavy atom. The number of thiophene rings is 1. The minimum Gasteiger partial charge on any atom is -0.348 e. The first kappa shape index (κ1) is 12.6. The molecule has 0 fully saturated rings. The van der Waals surface area contributed by atoms with Crippen LogP contribution in [0.1, 0.15) is 16.0 Å². The number of hydrogen-bond donors (Lipinski definition) is 1. The van der Waals surface area contributed by atoms with E-state index < -0.39 is 0 Å². The lowest BCUT2D eigenvalue weighted by molar-refractivity contribution is -0.116. The van der Waals surface area contributed by atoms with E-state index in [1.165, 1.54) is 5.56 Å². The van der Waals surface area contributed by atoms with Crippen LogP contribution in [0.25, 0.3) is 6.08 Å². The monoisotopic (exact) mass is 257 g/mol. The van der Waals surface area contributed by atoms with Gasteiger partial charge in [0, 0.05) is 17.5 Å². The Kier molecular flexibility index (Phi) is 4.31. The van der Waals surface area contributed by atoms with Crippen LogP contribution in [0.4, 0.5) is 0 Å². The van der Waals surface area contributed by atoms with Crippen LogP contribution in [-0.4, -0.2) is 5.91 Å². The van der Waals surface area contributed by atoms with Crippen LogP contribution in [0, 0.1) is 6.92 Å². The van der Waals surface area contributed by atoms with Crippen molar-refractivity contribution < 1.29 is 4.79 Å². The van der Waals surface area contributed by atoms with Gasteiger partial charge in [0.2, 0.25) is 5.91 Å². The Morgan fingerprint density at radius 3 is 2.72 bits per heavy atom. The van der Waals surface area contributed by atoms with Crippen molar-refractivity contribution in [1.29, 1.82) is 0 Å². The zero-order valence-electron chi connectivity index (χ0n) is 10.2. The van der Waals surface area contributed by atoms with Crippen molar-refractivity contribution in [2.45, 2.75) is 13.5 Å². The minimum absolute atomic E-state index is 0.0658. The quantitative estimate of drug-likeness (QED) is 0.836. The van der Waals surface area contributed by atoms with Gasteiger partial charge in [-0.2, -0.15) is 0 Å². The molecule has 0 bridgehead atoms. The lowest BCUT2D eigenvalue weighted by atomic mass is 10.1. The van der Waals surface area contributed by atoms with Crippen LogP contribution in [0.5, 0.6) is 0 Å². The number of carbonyl (C=O) groups excluding carboxylic acids is 1. The first-order chi connectivity index (χ1) is 8.74. The Labute approximate surface area is 111 Å². The average Bonchev–Trinajstić information content (AvgIpc) is 2.89. The van der Waals surface area contributed by atoms with Crippen molar-refractivity contribution >= 4 is 23.3 Å². The molecule has 0 saturated heterocycles. The maximum atomic E-state index is 11.6. The number of carbonyl (C=O) groups is 1. The van der Waals surface area contributed by atoms with Gasteiger partial charge < -0.3 is 5.32 Å². The molecule has 2 aromatic rings. The zero-order valence-corrected chi connectivity index (χ0v) is 11.0. The van der Waals surface area contributed by atoms with E-state index in [-0.39, 0.29) is 5.91 Å². The summed E-state index contributed by atoms with van der Waals surface area (Å²) in [5.41, 5.74) is 2.33. The number of aryl methyl sites for hydroxylation is 1. The molecule has 1 amide bonds. The van der Waals surface area contributed by atoms with Crippen molar-refractivity contribution in [2.24, 2.45) is 0 Å². The summed E-state index contributed by atoms with van der Waals surface area (Å²) in [6, 6.07) is 12.1. The maximum Gasteiger partial charge on any atom is 0.244 e. The number of nitrogens with one attached hydrogen (secondary N) is 1. The normalized spacial score (nSPS) is 10.7. The molecule has 0 unspecified atom stereocenters. The van der Waals surface area contributed by atoms with Gasteiger partial charge in [-0.3, -0.25) is 4.79 Å². The fourth-order valence-corrected chi connectivity index (χ4v) is 2.12. The second-order valence-corrected chi connectivity index (χ2v) is 5.03. The number of benzene rings is 1. The van der Waals surface area contributed by atoms with Gasteiger partial charge in [0.05, 0.1) is 0 Å². The summed E-state index contributed by atoms with van der Waals surface area (Å²) in [5.74, 6) is -0.0658. The maximum absolute atomic E-state index is 11.6. The van der Waals surface area contributed by atoms with Gasteiger partial charge in [-0.05, 0) is 30.0 Å². The summed E-state index contributed by atoms with van der Waals surface area (Å²) in [7, 11) is 0. The largest absolute Gasteiger partial charge is 0.348 e. The average molecular weight is 257 g/mol. The van der Waals surface area contributed by atoms with Gasteiger partial charge in [-0.15, -0.1) is 11.3 Å². The van der Waals surface area contributed by atoms with E-state index in [0.717, 1.165) is 10.4 Å². The summed E-state index contributed by atoms with van der Waals surface area (Å²) in [6.07, 6.45) is 3.40. The fraction of sp³-hybridized carbons (Fsp3) is 0.133. The first-order valence-electron chi connectivity index (χ1n) is 5.79. The molecule has 0 radical (unpaired) electrons. The third kappa shape index (κ3) is 3.86. The summed E-state index contributed by atoms with van der Waals surface area (Å²) in [5, 5.41) is 4.85. The highest BCUT2D eigenvalue weighted by Gasteiger charge is 1.96. The van der Waals surface area contributed by atoms with Crippen LogP contribution >= 0.6 is 11.3 Å². The van der Waals surface area contributed by atoms with Crippen LogP contribution in [0.15, 0.2) is 47.9 Å². The standard InChI is InChI=1S/C15H15NOS/c1-12-4-6-13(7-5-12)11-16-15(17)9-8-14-3-2-10-18-14/h2-10H,11H2,1H3,(H,16,17)/b9-8+. The van der Waals surface area contributed by atoms with E-state index in [4.69, 9.17) is 0 Å². The summed E-state index contributed by atoms with van der Waals surface area (Å²) >= 11 is 1.61. The van der Waals surface area contributed by atoms with E-state index in [1.54, 1.807) is 17.4 Å². The molecule has 0 spiro atoms. The third-order valence-electron chi connectivity index (χ3n) is 2.53. The van der Waals surface area contributed by atoms with E-state index in [0.29, 0.717) is 6.54 Å². The molecule has 0 atom stereocenters. The molecule has 18 heavy (non-hydrogen) atoms.